The number of methoxy groups -OCH3 is 1. The van der Waals surface area contributed by atoms with E-state index < -0.39 is 0 Å². The number of benzene rings is 4. The molecule has 1 aliphatic carbocycles. The highest BCUT2D eigenvalue weighted by Crippen LogP contribution is 2.44. The Morgan fingerprint density at radius 2 is 1.03 bits per heavy atom. The van der Waals surface area contributed by atoms with Gasteiger partial charge in [0.1, 0.15) is 5.75 Å². The summed E-state index contributed by atoms with van der Waals surface area (Å²) in [5, 5.41) is 2.73. The molecular formula is C29H28O. The highest BCUT2D eigenvalue weighted by atomic mass is 16.5. The second kappa shape index (κ2) is 8.36. The van der Waals surface area contributed by atoms with Gasteiger partial charge in [-0.05, 0) is 82.0 Å². The van der Waals surface area contributed by atoms with Crippen LogP contribution in [0.5, 0.6) is 5.75 Å². The predicted octanol–water partition coefficient (Wildman–Crippen LogP) is 7.84. The van der Waals surface area contributed by atoms with Gasteiger partial charge < -0.3 is 4.74 Å². The minimum Gasteiger partial charge on any atom is -0.497 e. The lowest BCUT2D eigenvalue weighted by Gasteiger charge is -2.25. The zero-order valence-electron chi connectivity index (χ0n) is 17.7. The molecule has 5 rings (SSSR count). The van der Waals surface area contributed by atoms with Gasteiger partial charge in [-0.2, -0.15) is 0 Å². The van der Waals surface area contributed by atoms with Crippen LogP contribution in [0.25, 0.3) is 33.0 Å². The molecule has 0 heterocycles. The van der Waals surface area contributed by atoms with Crippen LogP contribution in [0.4, 0.5) is 0 Å². The molecule has 0 atom stereocenters. The van der Waals surface area contributed by atoms with Gasteiger partial charge in [0.05, 0.1) is 7.11 Å². The van der Waals surface area contributed by atoms with Crippen molar-refractivity contribution in [1.82, 2.24) is 0 Å². The fraction of sp³-hybridized carbons (Fsp3) is 0.241. The van der Waals surface area contributed by atoms with Crippen LogP contribution in [0.2, 0.25) is 0 Å². The molecule has 0 amide bonds. The summed E-state index contributed by atoms with van der Waals surface area (Å²) in [5.41, 5.74) is 8.61. The van der Waals surface area contributed by atoms with E-state index in [2.05, 4.69) is 78.9 Å². The van der Waals surface area contributed by atoms with E-state index in [0.29, 0.717) is 0 Å². The average molecular weight is 393 g/mol. The number of fused-ring (bicyclic) bond motifs is 2. The zero-order valence-corrected chi connectivity index (χ0v) is 17.7. The van der Waals surface area contributed by atoms with Gasteiger partial charge in [0.25, 0.3) is 0 Å². The maximum Gasteiger partial charge on any atom is 0.118 e. The molecule has 0 radical (unpaired) electrons. The van der Waals surface area contributed by atoms with Crippen LogP contribution in [0, 0.1) is 0 Å². The van der Waals surface area contributed by atoms with Crippen molar-refractivity contribution < 1.29 is 4.74 Å². The van der Waals surface area contributed by atoms with Crippen molar-refractivity contribution >= 4 is 10.8 Å². The van der Waals surface area contributed by atoms with Crippen LogP contribution in [-0.2, 0) is 12.8 Å². The van der Waals surface area contributed by atoms with E-state index >= 15 is 0 Å². The number of hydrogen-bond acceptors (Lipinski definition) is 1. The SMILES string of the molecule is COc1ccc(-c2c3c(c(-c4ccccc4)c4ccccc24)CCCCCC3)cc1. The molecule has 150 valence electrons. The molecule has 4 aromatic rings. The summed E-state index contributed by atoms with van der Waals surface area (Å²) in [6.07, 6.45) is 7.51. The fourth-order valence-corrected chi connectivity index (χ4v) is 5.08. The van der Waals surface area contributed by atoms with Crippen LogP contribution >= 0.6 is 0 Å². The second-order valence-corrected chi connectivity index (χ2v) is 8.26. The van der Waals surface area contributed by atoms with Gasteiger partial charge >= 0.3 is 0 Å². The monoisotopic (exact) mass is 392 g/mol. The van der Waals surface area contributed by atoms with E-state index in [1.807, 2.05) is 0 Å². The summed E-state index contributed by atoms with van der Waals surface area (Å²) < 4.78 is 5.42. The minimum absolute atomic E-state index is 0.909. The van der Waals surface area contributed by atoms with Crippen molar-refractivity contribution in [2.24, 2.45) is 0 Å². The predicted molar refractivity (Wildman–Crippen MR) is 127 cm³/mol. The molecule has 0 bridgehead atoms. The van der Waals surface area contributed by atoms with Crippen LogP contribution in [-0.4, -0.2) is 7.11 Å². The number of rotatable bonds is 3. The van der Waals surface area contributed by atoms with Gasteiger partial charge in [0.15, 0.2) is 0 Å². The topological polar surface area (TPSA) is 9.23 Å². The van der Waals surface area contributed by atoms with Crippen molar-refractivity contribution in [2.75, 3.05) is 7.11 Å². The molecule has 1 heteroatoms. The Labute approximate surface area is 179 Å². The standard InChI is InChI=1S/C29H28O/c1-30-23-19-17-22(18-20-23)29-25-14-8-3-2-7-13-24(25)28(21-11-5-4-6-12-21)26-15-9-10-16-27(26)29/h4-6,9-12,15-20H,2-3,7-8,13-14H2,1H3. The lowest BCUT2D eigenvalue weighted by molar-refractivity contribution is 0.415. The van der Waals surface area contributed by atoms with Crippen LogP contribution in [0.15, 0.2) is 78.9 Å². The highest BCUT2D eigenvalue weighted by Gasteiger charge is 2.21. The number of ether oxygens (including phenoxy) is 1. The lowest BCUT2D eigenvalue weighted by Crippen LogP contribution is -2.06. The largest absolute Gasteiger partial charge is 0.497 e. The highest BCUT2D eigenvalue weighted by molar-refractivity contribution is 6.08. The first-order valence-corrected chi connectivity index (χ1v) is 11.1. The van der Waals surface area contributed by atoms with Crippen LogP contribution < -0.4 is 4.74 Å². The molecule has 1 nitrogen and oxygen atoms in total. The van der Waals surface area contributed by atoms with E-state index in [1.54, 1.807) is 18.2 Å². The molecule has 0 saturated heterocycles. The number of hydrogen-bond donors (Lipinski definition) is 0. The molecule has 0 N–H and O–H groups in total. The van der Waals surface area contributed by atoms with E-state index in [-0.39, 0.29) is 0 Å². The Morgan fingerprint density at radius 1 is 0.533 bits per heavy atom. The van der Waals surface area contributed by atoms with Gasteiger partial charge in [-0.3, -0.25) is 0 Å². The summed E-state index contributed by atoms with van der Waals surface area (Å²) in [5.74, 6) is 0.909. The summed E-state index contributed by atoms with van der Waals surface area (Å²) in [6.45, 7) is 0. The Hall–Kier alpha value is -3.06. The van der Waals surface area contributed by atoms with Crippen molar-refractivity contribution in [3.05, 3.63) is 90.0 Å². The maximum atomic E-state index is 5.42. The summed E-state index contributed by atoms with van der Waals surface area (Å²) >= 11 is 0. The van der Waals surface area contributed by atoms with Gasteiger partial charge in [0.2, 0.25) is 0 Å². The van der Waals surface area contributed by atoms with Gasteiger partial charge in [-0.15, -0.1) is 0 Å². The quantitative estimate of drug-likeness (QED) is 0.345. The molecule has 1 aliphatic rings. The molecule has 4 aromatic carbocycles. The molecule has 30 heavy (non-hydrogen) atoms. The lowest BCUT2D eigenvalue weighted by atomic mass is 9.79. The normalized spacial score (nSPS) is 14.0. The second-order valence-electron chi connectivity index (χ2n) is 8.26. The summed E-state index contributed by atoms with van der Waals surface area (Å²) in [7, 11) is 1.73. The Morgan fingerprint density at radius 3 is 1.57 bits per heavy atom. The third kappa shape index (κ3) is 3.39. The first-order valence-electron chi connectivity index (χ1n) is 11.1. The summed E-state index contributed by atoms with van der Waals surface area (Å²) in [6, 6.07) is 28.6. The third-order valence-corrected chi connectivity index (χ3v) is 6.48. The fourth-order valence-electron chi connectivity index (χ4n) is 5.08. The molecule has 0 fully saturated rings. The van der Waals surface area contributed by atoms with Gasteiger partial charge in [-0.1, -0.05) is 79.6 Å². The van der Waals surface area contributed by atoms with E-state index in [9.17, 15) is 0 Å². The average Bonchev–Trinajstić information content (AvgIpc) is 2.79. The Bertz CT molecular complexity index is 1160. The minimum atomic E-state index is 0.909. The molecular weight excluding hydrogens is 364 g/mol. The van der Waals surface area contributed by atoms with Crippen molar-refractivity contribution in [1.29, 1.82) is 0 Å². The van der Waals surface area contributed by atoms with Crippen LogP contribution in [0.1, 0.15) is 36.8 Å². The molecule has 0 saturated carbocycles. The first-order chi connectivity index (χ1) is 14.9. The first kappa shape index (κ1) is 18.9. The molecule has 0 aromatic heterocycles. The van der Waals surface area contributed by atoms with E-state index in [1.165, 1.54) is 58.7 Å². The maximum absolute atomic E-state index is 5.42. The molecule has 0 aliphatic heterocycles. The van der Waals surface area contributed by atoms with Crippen molar-refractivity contribution in [3.63, 3.8) is 0 Å². The van der Waals surface area contributed by atoms with Crippen molar-refractivity contribution in [2.45, 2.75) is 38.5 Å². The van der Waals surface area contributed by atoms with Gasteiger partial charge in [0, 0.05) is 0 Å². The summed E-state index contributed by atoms with van der Waals surface area (Å²) in [4.78, 5) is 0. The Kier molecular flexibility index (Phi) is 5.27. The molecule has 0 spiro atoms. The smallest absolute Gasteiger partial charge is 0.118 e. The van der Waals surface area contributed by atoms with E-state index in [4.69, 9.17) is 4.74 Å². The Balaban J connectivity index is 1.87. The third-order valence-electron chi connectivity index (χ3n) is 6.48. The van der Waals surface area contributed by atoms with E-state index in [0.717, 1.165) is 18.6 Å². The van der Waals surface area contributed by atoms with Gasteiger partial charge in [-0.25, -0.2) is 0 Å². The molecule has 0 unspecified atom stereocenters. The van der Waals surface area contributed by atoms with Crippen LogP contribution in [0.3, 0.4) is 0 Å². The van der Waals surface area contributed by atoms with Crippen molar-refractivity contribution in [3.8, 4) is 28.0 Å². The zero-order chi connectivity index (χ0) is 20.3.